The molecule has 0 aliphatic heterocycles. The molecule has 0 bridgehead atoms. The lowest BCUT2D eigenvalue weighted by molar-refractivity contribution is -0.159. The summed E-state index contributed by atoms with van der Waals surface area (Å²) < 4.78 is 48.8. The van der Waals surface area contributed by atoms with Crippen LogP contribution in [0, 0.1) is 0 Å². The number of azide groups is 1. The van der Waals surface area contributed by atoms with E-state index in [0.717, 1.165) is 5.56 Å². The highest BCUT2D eigenvalue weighted by atomic mass is 16.6. The lowest BCUT2D eigenvalue weighted by Crippen LogP contribution is -2.52. The standard InChI is InChI=1S/C44H75N7O14/c1-43(2,3)64-40(54)37(17-11-13-19-46-41(55)63-34-35-14-8-7-9-15-35)50-39(53)36(16-10-12-20-47-42(56)65-44(4,5)6)49-38(52)18-22-57-24-26-59-28-30-61-32-33-62-31-29-60-27-25-58-23-21-48-51-45/h7-9,14-15,36-37H,10-13,16-34H2,1-6H3,(H,46,55)(H,47,56)(H,49,52)(H,50,53)/t36-,37-/m0/s1. The first-order valence-corrected chi connectivity index (χ1v) is 22.3. The van der Waals surface area contributed by atoms with Gasteiger partial charge in [0, 0.05) is 31.0 Å². The van der Waals surface area contributed by atoms with Crippen LogP contribution in [0.1, 0.15) is 92.1 Å². The number of rotatable bonds is 37. The van der Waals surface area contributed by atoms with E-state index in [0.29, 0.717) is 91.7 Å². The van der Waals surface area contributed by atoms with Gasteiger partial charge in [-0.3, -0.25) is 9.59 Å². The maximum atomic E-state index is 13.7. The van der Waals surface area contributed by atoms with Crippen LogP contribution < -0.4 is 21.3 Å². The van der Waals surface area contributed by atoms with Gasteiger partial charge in [-0.1, -0.05) is 35.4 Å². The molecule has 0 heterocycles. The van der Waals surface area contributed by atoms with E-state index in [4.69, 9.17) is 48.2 Å². The summed E-state index contributed by atoms with van der Waals surface area (Å²) in [6.45, 7) is 15.6. The van der Waals surface area contributed by atoms with Gasteiger partial charge in [0.2, 0.25) is 11.8 Å². The molecule has 21 heteroatoms. The van der Waals surface area contributed by atoms with E-state index < -0.39 is 53.3 Å². The number of hydrogen-bond donors (Lipinski definition) is 4. The van der Waals surface area contributed by atoms with Crippen molar-refractivity contribution in [3.8, 4) is 0 Å². The first-order valence-electron chi connectivity index (χ1n) is 22.3. The molecule has 370 valence electrons. The van der Waals surface area contributed by atoms with Crippen LogP contribution >= 0.6 is 0 Å². The summed E-state index contributed by atoms with van der Waals surface area (Å²) >= 11 is 0. The largest absolute Gasteiger partial charge is 0.458 e. The normalized spacial score (nSPS) is 12.3. The molecule has 0 unspecified atom stereocenters. The number of benzene rings is 1. The van der Waals surface area contributed by atoms with Crippen molar-refractivity contribution in [2.75, 3.05) is 98.9 Å². The Bertz CT molecular complexity index is 1500. The smallest absolute Gasteiger partial charge is 0.407 e. The highest BCUT2D eigenvalue weighted by Gasteiger charge is 2.30. The highest BCUT2D eigenvalue weighted by molar-refractivity contribution is 5.90. The average molecular weight is 926 g/mol. The molecule has 0 spiro atoms. The van der Waals surface area contributed by atoms with E-state index in [1.165, 1.54) is 0 Å². The lowest BCUT2D eigenvalue weighted by atomic mass is 10.1. The summed E-state index contributed by atoms with van der Waals surface area (Å²) in [6, 6.07) is 7.28. The number of amides is 4. The lowest BCUT2D eigenvalue weighted by Gasteiger charge is -2.26. The van der Waals surface area contributed by atoms with Crippen molar-refractivity contribution in [3.63, 3.8) is 0 Å². The quantitative estimate of drug-likeness (QED) is 0.0173. The summed E-state index contributed by atoms with van der Waals surface area (Å²) in [4.78, 5) is 67.0. The van der Waals surface area contributed by atoms with E-state index in [2.05, 4.69) is 31.3 Å². The topological polar surface area (TPSA) is 265 Å². The van der Waals surface area contributed by atoms with Gasteiger partial charge in [0.25, 0.3) is 0 Å². The van der Waals surface area contributed by atoms with Crippen LogP contribution in [-0.2, 0) is 63.6 Å². The molecule has 0 aliphatic carbocycles. The van der Waals surface area contributed by atoms with E-state index in [-0.39, 0.29) is 58.8 Å². The summed E-state index contributed by atoms with van der Waals surface area (Å²) in [5, 5.41) is 14.3. The molecule has 0 aromatic heterocycles. The summed E-state index contributed by atoms with van der Waals surface area (Å²) in [7, 11) is 0. The maximum Gasteiger partial charge on any atom is 0.407 e. The molecule has 0 fully saturated rings. The van der Waals surface area contributed by atoms with Gasteiger partial charge in [-0.25, -0.2) is 14.4 Å². The minimum atomic E-state index is -1.02. The zero-order valence-corrected chi connectivity index (χ0v) is 39.4. The Morgan fingerprint density at radius 3 is 1.58 bits per heavy atom. The van der Waals surface area contributed by atoms with Gasteiger partial charge >= 0.3 is 18.2 Å². The second-order valence-electron chi connectivity index (χ2n) is 16.5. The number of ether oxygens (including phenoxy) is 9. The number of carbonyl (C=O) groups is 5. The molecule has 2 atom stereocenters. The van der Waals surface area contributed by atoms with Crippen LogP contribution in [0.25, 0.3) is 10.4 Å². The zero-order valence-electron chi connectivity index (χ0n) is 39.4. The average Bonchev–Trinajstić information content (AvgIpc) is 3.24. The Hall–Kier alpha value is -4.76. The van der Waals surface area contributed by atoms with Crippen molar-refractivity contribution in [2.45, 2.75) is 116 Å². The third kappa shape index (κ3) is 36.2. The van der Waals surface area contributed by atoms with Crippen molar-refractivity contribution in [3.05, 3.63) is 46.3 Å². The number of alkyl carbamates (subject to hydrolysis) is 2. The van der Waals surface area contributed by atoms with Crippen LogP contribution in [0.5, 0.6) is 0 Å². The number of unbranched alkanes of at least 4 members (excludes halogenated alkanes) is 2. The molecule has 1 rings (SSSR count). The van der Waals surface area contributed by atoms with Gasteiger partial charge in [0.15, 0.2) is 0 Å². The number of esters is 1. The van der Waals surface area contributed by atoms with E-state index >= 15 is 0 Å². The number of hydrogen-bond acceptors (Lipinski definition) is 15. The van der Waals surface area contributed by atoms with E-state index in [1.54, 1.807) is 41.5 Å². The molecule has 1 aromatic carbocycles. The van der Waals surface area contributed by atoms with Crippen LogP contribution in [0.2, 0.25) is 0 Å². The molecule has 0 saturated heterocycles. The summed E-state index contributed by atoms with van der Waals surface area (Å²) in [6.07, 6.45) is 1.19. The van der Waals surface area contributed by atoms with E-state index in [1.807, 2.05) is 30.3 Å². The molecule has 0 aliphatic rings. The predicted octanol–water partition coefficient (Wildman–Crippen LogP) is 4.89. The molecule has 4 N–H and O–H groups in total. The van der Waals surface area contributed by atoms with Crippen LogP contribution in [0.3, 0.4) is 0 Å². The highest BCUT2D eigenvalue weighted by Crippen LogP contribution is 2.13. The zero-order chi connectivity index (χ0) is 48.0. The number of carbonyl (C=O) groups excluding carboxylic acids is 5. The second kappa shape index (κ2) is 36.5. The van der Waals surface area contributed by atoms with E-state index in [9.17, 15) is 24.0 Å². The van der Waals surface area contributed by atoms with Gasteiger partial charge < -0.3 is 63.9 Å². The molecule has 65 heavy (non-hydrogen) atoms. The Balaban J connectivity index is 2.53. The van der Waals surface area contributed by atoms with Gasteiger partial charge in [0.1, 0.15) is 29.9 Å². The fourth-order valence-electron chi connectivity index (χ4n) is 5.36. The fraction of sp³-hybridized carbons (Fsp3) is 0.750. The maximum absolute atomic E-state index is 13.7. The Morgan fingerprint density at radius 2 is 1.08 bits per heavy atom. The van der Waals surface area contributed by atoms with Crippen LogP contribution in [0.4, 0.5) is 9.59 Å². The molecular formula is C44H75N7O14. The Morgan fingerprint density at radius 1 is 0.600 bits per heavy atom. The molecule has 1 aromatic rings. The predicted molar refractivity (Wildman–Crippen MR) is 240 cm³/mol. The number of nitrogens with one attached hydrogen (secondary N) is 4. The second-order valence-corrected chi connectivity index (χ2v) is 16.5. The van der Waals surface area contributed by atoms with Crippen molar-refractivity contribution in [1.29, 1.82) is 0 Å². The first kappa shape index (κ1) is 58.3. The third-order valence-electron chi connectivity index (χ3n) is 8.38. The summed E-state index contributed by atoms with van der Waals surface area (Å²) in [5.41, 5.74) is 7.59. The molecular weight excluding hydrogens is 851 g/mol. The SMILES string of the molecule is CC(C)(C)OC(=O)NCCCC[C@H](NC(=O)CCOCCOCCOCCOCCOCCOCCN=[N+]=[N-])C(=O)N[C@@H](CCCCNC(=O)OCc1ccccc1)C(=O)OC(C)(C)C. The van der Waals surface area contributed by atoms with Gasteiger partial charge in [-0.05, 0) is 91.2 Å². The van der Waals surface area contributed by atoms with Crippen molar-refractivity contribution in [2.24, 2.45) is 5.11 Å². The fourth-order valence-corrected chi connectivity index (χ4v) is 5.36. The molecule has 4 amide bonds. The van der Waals surface area contributed by atoms with Gasteiger partial charge in [0.05, 0.1) is 79.3 Å². The molecule has 21 nitrogen and oxygen atoms in total. The van der Waals surface area contributed by atoms with Crippen LogP contribution in [0.15, 0.2) is 35.4 Å². The van der Waals surface area contributed by atoms with Crippen LogP contribution in [-0.4, -0.2) is 152 Å². The monoisotopic (exact) mass is 926 g/mol. The Kier molecular flexibility index (Phi) is 32.7. The van der Waals surface area contributed by atoms with Gasteiger partial charge in [-0.15, -0.1) is 0 Å². The number of nitrogens with zero attached hydrogens (tertiary/aromatic N) is 3. The minimum Gasteiger partial charge on any atom is -0.458 e. The van der Waals surface area contributed by atoms with Crippen molar-refractivity contribution < 1.29 is 66.6 Å². The Labute approximate surface area is 383 Å². The molecule has 0 radical (unpaired) electrons. The van der Waals surface area contributed by atoms with Gasteiger partial charge in [-0.2, -0.15) is 0 Å². The third-order valence-corrected chi connectivity index (χ3v) is 8.38. The first-order chi connectivity index (χ1) is 31.1. The van der Waals surface area contributed by atoms with Crippen molar-refractivity contribution >= 4 is 30.0 Å². The molecule has 0 saturated carbocycles. The minimum absolute atomic E-state index is 0.0267. The van der Waals surface area contributed by atoms with Crippen molar-refractivity contribution in [1.82, 2.24) is 21.3 Å². The summed E-state index contributed by atoms with van der Waals surface area (Å²) in [5.74, 6) is -1.61.